The van der Waals surface area contributed by atoms with Crippen LogP contribution in [0.2, 0.25) is 0 Å². The summed E-state index contributed by atoms with van der Waals surface area (Å²) in [6, 6.07) is 12.9. The predicted octanol–water partition coefficient (Wildman–Crippen LogP) is -3.15. The van der Waals surface area contributed by atoms with Crippen LogP contribution in [-0.2, 0) is 25.7 Å². The smallest absolute Gasteiger partial charge is 0.204 e. The molecule has 2 aromatic heterocycles. The van der Waals surface area contributed by atoms with Crippen LogP contribution in [0.1, 0.15) is 30.8 Å². The second-order valence-corrected chi connectivity index (χ2v) is 8.25. The van der Waals surface area contributed by atoms with E-state index in [2.05, 4.69) is 46.1 Å². The van der Waals surface area contributed by atoms with Crippen LogP contribution in [0.25, 0.3) is 11.0 Å². The van der Waals surface area contributed by atoms with E-state index in [1.807, 2.05) is 19.1 Å². The van der Waals surface area contributed by atoms with E-state index in [-0.39, 0.29) is 0 Å². The number of hydrogen-bond donors (Lipinski definition) is 1. The maximum atomic E-state index is 8.93. The van der Waals surface area contributed by atoms with Crippen molar-refractivity contribution in [2.45, 2.75) is 38.8 Å². The van der Waals surface area contributed by atoms with Crippen LogP contribution in [0.3, 0.4) is 0 Å². The van der Waals surface area contributed by atoms with Gasteiger partial charge in [-0.2, -0.15) is 0 Å². The lowest BCUT2D eigenvalue weighted by Gasteiger charge is -2.18. The van der Waals surface area contributed by atoms with Crippen molar-refractivity contribution in [1.29, 1.82) is 0 Å². The van der Waals surface area contributed by atoms with Crippen molar-refractivity contribution in [3.8, 4) is 0 Å². The standard InChI is InChI=1S/C20H26N4O.2C2H2O4/c1-15-9-10-17(25-15)14-24-19-8-4-3-7-18(19)22-20(24)21-16-6-5-12-23(2)13-11-16;2*3-1(4)2(5)6/h3-4,7-10,16H,5-6,11-14H2,1-2H3,(H,21,22);2*(H,3,4)(H,5,6)/p-4. The van der Waals surface area contributed by atoms with E-state index in [1.54, 1.807) is 0 Å². The number of carboxylic acid groups (broad SMARTS) is 4. The summed E-state index contributed by atoms with van der Waals surface area (Å²) in [6.07, 6.45) is 3.57. The molecule has 1 aromatic carbocycles. The minimum atomic E-state index is -2.19. The summed E-state index contributed by atoms with van der Waals surface area (Å²) in [6.45, 7) is 5.00. The van der Waals surface area contributed by atoms with E-state index in [9.17, 15) is 0 Å². The first-order valence-electron chi connectivity index (χ1n) is 11.3. The molecule has 1 fully saturated rings. The topological polar surface area (TPSA) is 207 Å². The number of hydrogen-bond acceptors (Lipinski definition) is 12. The van der Waals surface area contributed by atoms with E-state index < -0.39 is 23.9 Å². The minimum absolute atomic E-state index is 0.471. The van der Waals surface area contributed by atoms with Crippen molar-refractivity contribution < 1.29 is 44.0 Å². The third-order valence-corrected chi connectivity index (χ3v) is 5.38. The van der Waals surface area contributed by atoms with Crippen LogP contribution in [-0.4, -0.2) is 64.5 Å². The first-order chi connectivity index (χ1) is 17.5. The highest BCUT2D eigenvalue weighted by atomic mass is 16.4. The highest BCUT2D eigenvalue weighted by molar-refractivity contribution is 6.25. The molecular weight excluding hydrogens is 488 g/mol. The van der Waals surface area contributed by atoms with Gasteiger partial charge in [-0.25, -0.2) is 4.98 Å². The van der Waals surface area contributed by atoms with Gasteiger partial charge in [0.1, 0.15) is 11.5 Å². The summed E-state index contributed by atoms with van der Waals surface area (Å²) >= 11 is 0. The Morgan fingerprint density at radius 3 is 2.14 bits per heavy atom. The zero-order valence-corrected chi connectivity index (χ0v) is 20.3. The average molecular weight is 514 g/mol. The molecule has 0 radical (unpaired) electrons. The molecule has 4 rings (SSSR count). The third-order valence-electron chi connectivity index (χ3n) is 5.38. The number of nitrogens with zero attached hydrogens (tertiary/aromatic N) is 3. The van der Waals surface area contributed by atoms with Crippen molar-refractivity contribution in [3.05, 3.63) is 47.9 Å². The van der Waals surface area contributed by atoms with Crippen LogP contribution < -0.4 is 25.7 Å². The number of imidazole rings is 1. The largest absolute Gasteiger partial charge is 0.543 e. The van der Waals surface area contributed by atoms with Crippen LogP contribution in [0.5, 0.6) is 0 Å². The van der Waals surface area contributed by atoms with Gasteiger partial charge in [0.05, 0.1) is 41.5 Å². The van der Waals surface area contributed by atoms with Crippen molar-refractivity contribution in [2.24, 2.45) is 0 Å². The molecule has 0 amide bonds. The molecular formula is C24H26N4O9-4. The molecule has 1 aliphatic rings. The number of carbonyl (C=O) groups excluding carboxylic acids is 4. The van der Waals surface area contributed by atoms with Gasteiger partial charge in [-0.05, 0) is 70.6 Å². The highest BCUT2D eigenvalue weighted by Crippen LogP contribution is 2.24. The Hall–Kier alpha value is -4.39. The van der Waals surface area contributed by atoms with Crippen molar-refractivity contribution in [2.75, 3.05) is 25.5 Å². The lowest BCUT2D eigenvalue weighted by Crippen LogP contribution is -2.42. The fourth-order valence-electron chi connectivity index (χ4n) is 3.64. The maximum absolute atomic E-state index is 8.93. The van der Waals surface area contributed by atoms with Crippen molar-refractivity contribution in [1.82, 2.24) is 14.5 Å². The van der Waals surface area contributed by atoms with Crippen molar-refractivity contribution in [3.63, 3.8) is 0 Å². The number of carboxylic acids is 4. The van der Waals surface area contributed by atoms with Gasteiger partial charge < -0.3 is 58.8 Å². The van der Waals surface area contributed by atoms with E-state index in [1.165, 1.54) is 19.4 Å². The van der Waals surface area contributed by atoms with E-state index in [0.717, 1.165) is 41.5 Å². The lowest BCUT2D eigenvalue weighted by atomic mass is 10.1. The van der Waals surface area contributed by atoms with Crippen LogP contribution >= 0.6 is 0 Å². The predicted molar refractivity (Wildman–Crippen MR) is 121 cm³/mol. The number of benzene rings is 1. The number of carbonyl (C=O) groups is 4. The van der Waals surface area contributed by atoms with Gasteiger partial charge >= 0.3 is 0 Å². The molecule has 200 valence electrons. The summed E-state index contributed by atoms with van der Waals surface area (Å²) in [7, 11) is 2.21. The Morgan fingerprint density at radius 1 is 0.946 bits per heavy atom. The maximum Gasteiger partial charge on any atom is 0.204 e. The minimum Gasteiger partial charge on any atom is -0.543 e. The molecule has 3 aromatic rings. The van der Waals surface area contributed by atoms with E-state index in [0.29, 0.717) is 12.6 Å². The Balaban J connectivity index is 0.000000336. The summed E-state index contributed by atoms with van der Waals surface area (Å²) < 4.78 is 8.04. The zero-order chi connectivity index (χ0) is 27.5. The number of aromatic nitrogens is 2. The number of para-hydroxylation sites is 2. The van der Waals surface area contributed by atoms with Crippen LogP contribution in [0, 0.1) is 6.92 Å². The number of aliphatic carboxylic acids is 4. The molecule has 0 bridgehead atoms. The number of fused-ring (bicyclic) bond motifs is 1. The molecule has 1 saturated heterocycles. The monoisotopic (exact) mass is 514 g/mol. The number of furan rings is 1. The van der Waals surface area contributed by atoms with E-state index in [4.69, 9.17) is 49.0 Å². The average Bonchev–Trinajstić information content (AvgIpc) is 3.33. The summed E-state index contributed by atoms with van der Waals surface area (Å²) in [4.78, 5) is 43.0. The number of aryl methyl sites for hydroxylation is 1. The molecule has 1 unspecified atom stereocenters. The Kier molecular flexibility index (Phi) is 10.6. The first kappa shape index (κ1) is 28.8. The van der Waals surface area contributed by atoms with Crippen LogP contribution in [0.15, 0.2) is 40.8 Å². The molecule has 0 spiro atoms. The lowest BCUT2D eigenvalue weighted by molar-refractivity contribution is -0.345. The van der Waals surface area contributed by atoms with Gasteiger partial charge in [-0.3, -0.25) is 0 Å². The molecule has 0 saturated carbocycles. The number of rotatable bonds is 4. The molecule has 3 heterocycles. The third kappa shape index (κ3) is 9.29. The van der Waals surface area contributed by atoms with Gasteiger partial charge in [0, 0.05) is 6.04 Å². The fourth-order valence-corrected chi connectivity index (χ4v) is 3.64. The summed E-state index contributed by atoms with van der Waals surface area (Å²) in [5.74, 6) is -5.88. The number of anilines is 1. The van der Waals surface area contributed by atoms with E-state index >= 15 is 0 Å². The number of nitrogens with one attached hydrogen (secondary N) is 1. The molecule has 13 nitrogen and oxygen atoms in total. The fraction of sp³-hybridized carbons (Fsp3) is 0.375. The Bertz CT molecular complexity index is 1190. The van der Waals surface area contributed by atoms with Crippen LogP contribution in [0.4, 0.5) is 5.95 Å². The molecule has 1 N–H and O–H groups in total. The second kappa shape index (κ2) is 13.6. The van der Waals surface area contributed by atoms with Gasteiger partial charge in [-0.15, -0.1) is 0 Å². The van der Waals surface area contributed by atoms with Gasteiger partial charge in [0.15, 0.2) is 0 Å². The Labute approximate surface area is 211 Å². The molecule has 13 heteroatoms. The summed E-state index contributed by atoms with van der Waals surface area (Å²) in [5, 5.41) is 39.4. The van der Waals surface area contributed by atoms with Gasteiger partial charge in [0.2, 0.25) is 5.95 Å². The number of likely N-dealkylation sites (tertiary alicyclic amines) is 1. The normalized spacial score (nSPS) is 15.4. The second-order valence-electron chi connectivity index (χ2n) is 8.25. The summed E-state index contributed by atoms with van der Waals surface area (Å²) in [5.41, 5.74) is 2.17. The quantitative estimate of drug-likeness (QED) is 0.343. The van der Waals surface area contributed by atoms with Crippen molar-refractivity contribution >= 4 is 40.9 Å². The molecule has 1 aliphatic heterocycles. The van der Waals surface area contributed by atoms with Gasteiger partial charge in [0.25, 0.3) is 0 Å². The van der Waals surface area contributed by atoms with Gasteiger partial charge in [-0.1, -0.05) is 12.1 Å². The zero-order valence-electron chi connectivity index (χ0n) is 20.3. The molecule has 37 heavy (non-hydrogen) atoms. The molecule has 1 atom stereocenters. The Morgan fingerprint density at radius 2 is 1.57 bits per heavy atom. The highest BCUT2D eigenvalue weighted by Gasteiger charge is 2.19. The first-order valence-corrected chi connectivity index (χ1v) is 11.3. The SMILES string of the molecule is Cc1ccc(Cn2c(NC3CCCN(C)CC3)nc3ccccc32)o1.O=C([O-])C(=O)[O-].O=C([O-])C(=O)[O-]. The molecule has 0 aliphatic carbocycles.